The molecule has 2 saturated heterocycles. The van der Waals surface area contributed by atoms with Gasteiger partial charge in [-0.3, -0.25) is 19.2 Å². The van der Waals surface area contributed by atoms with Gasteiger partial charge in [-0.15, -0.1) is 0 Å². The average molecular weight is 568 g/mol. The minimum atomic E-state index is -5.04. The molecule has 2 amide bonds. The lowest BCUT2D eigenvalue weighted by Crippen LogP contribution is -2.52. The van der Waals surface area contributed by atoms with E-state index in [0.29, 0.717) is 25.1 Å². The maximum atomic E-state index is 13.8. The van der Waals surface area contributed by atoms with Crippen LogP contribution in [-0.2, 0) is 19.2 Å². The van der Waals surface area contributed by atoms with Crippen LogP contribution in [0.1, 0.15) is 78.6 Å². The van der Waals surface area contributed by atoms with Crippen LogP contribution in [0.15, 0.2) is 0 Å². The van der Waals surface area contributed by atoms with Crippen molar-refractivity contribution < 1.29 is 32.3 Å². The van der Waals surface area contributed by atoms with E-state index in [1.54, 1.807) is 20.8 Å². The highest BCUT2D eigenvalue weighted by atomic mass is 28.3. The predicted octanol–water partition coefficient (Wildman–Crippen LogP) is 4.71. The fourth-order valence-corrected chi connectivity index (χ4v) is 12.5. The van der Waals surface area contributed by atoms with Crippen LogP contribution in [0.2, 0.25) is 18.1 Å². The summed E-state index contributed by atoms with van der Waals surface area (Å²) in [5.41, 5.74) is -0.761. The summed E-state index contributed by atoms with van der Waals surface area (Å²) < 4.78 is 39.4. The Kier molecular flexibility index (Phi) is 8.12. The molecule has 1 N–H and O–H groups in total. The topological polar surface area (TPSA) is 107 Å². The van der Waals surface area contributed by atoms with Crippen molar-refractivity contribution in [2.24, 2.45) is 22.7 Å². The number of carbonyl (C=O) groups is 4. The third-order valence-electron chi connectivity index (χ3n) is 9.78. The number of alkyl halides is 3. The van der Waals surface area contributed by atoms with Gasteiger partial charge in [-0.25, -0.2) is 0 Å². The van der Waals surface area contributed by atoms with Crippen molar-refractivity contribution in [3.8, 4) is 6.07 Å². The smallest absolute Gasteiger partial charge is 0.339 e. The Labute approximate surface area is 229 Å². The lowest BCUT2D eigenvalue weighted by Gasteiger charge is -2.35. The van der Waals surface area contributed by atoms with Crippen molar-refractivity contribution in [2.75, 3.05) is 6.17 Å². The summed E-state index contributed by atoms with van der Waals surface area (Å²) in [6.45, 7) is 4.89. The second kappa shape index (κ2) is 10.6. The molecule has 2 saturated carbocycles. The molecule has 216 valence electrons. The Morgan fingerprint density at radius 2 is 1.79 bits per heavy atom. The molecule has 2 aliphatic heterocycles. The summed E-state index contributed by atoms with van der Waals surface area (Å²) in [7, 11) is -2.03. The average Bonchev–Trinajstić information content (AvgIpc) is 3.25. The van der Waals surface area contributed by atoms with E-state index in [-0.39, 0.29) is 23.5 Å². The summed E-state index contributed by atoms with van der Waals surface area (Å²) in [5, 5.41) is 12.6. The van der Waals surface area contributed by atoms with Crippen LogP contribution in [0.25, 0.3) is 0 Å². The van der Waals surface area contributed by atoms with E-state index < -0.39 is 61.7 Å². The van der Waals surface area contributed by atoms with Gasteiger partial charge in [0.2, 0.25) is 17.6 Å². The molecule has 2 aliphatic carbocycles. The third-order valence-corrected chi connectivity index (χ3v) is 14.9. The number of nitriles is 1. The van der Waals surface area contributed by atoms with Crippen molar-refractivity contribution >= 4 is 31.5 Å². The standard InChI is InChI=1S/C28H40F3N3O4Si/c1-26(2,3)20(13-23(36)28(29,30)31)25(38)34-17-39(10-4-5-11-39)16-21(34)24(37)33-19(15-32)12-18-6-7-27(8-9-27)14-22(18)35/h18-21H,4-14,16-17H2,1-3H3,(H,33,37). The Hall–Kier alpha value is -2.22. The highest BCUT2D eigenvalue weighted by Gasteiger charge is 2.54. The minimum Gasteiger partial charge on any atom is -0.339 e. The number of carbonyl (C=O) groups excluding carboxylic acids is 4. The summed E-state index contributed by atoms with van der Waals surface area (Å²) >= 11 is 0. The molecule has 4 fully saturated rings. The summed E-state index contributed by atoms with van der Waals surface area (Å²) in [4.78, 5) is 53.5. The van der Waals surface area contributed by atoms with Gasteiger partial charge in [-0.2, -0.15) is 18.4 Å². The summed E-state index contributed by atoms with van der Waals surface area (Å²) in [6.07, 6.45) is 0.969. The van der Waals surface area contributed by atoms with E-state index in [1.807, 2.05) is 0 Å². The molecule has 0 radical (unpaired) electrons. The maximum absolute atomic E-state index is 13.8. The summed E-state index contributed by atoms with van der Waals surface area (Å²) in [5.74, 6) is -4.39. The number of hydrogen-bond donors (Lipinski definition) is 1. The highest BCUT2D eigenvalue weighted by Crippen LogP contribution is 2.56. The first-order chi connectivity index (χ1) is 18.1. The molecule has 2 spiro atoms. The Morgan fingerprint density at radius 1 is 1.15 bits per heavy atom. The van der Waals surface area contributed by atoms with Crippen LogP contribution < -0.4 is 5.32 Å². The van der Waals surface area contributed by atoms with Gasteiger partial charge >= 0.3 is 6.18 Å². The molecular formula is C28H40F3N3O4Si. The summed E-state index contributed by atoms with van der Waals surface area (Å²) in [6, 6.07) is 2.75. The van der Waals surface area contributed by atoms with Gasteiger partial charge in [0.05, 0.1) is 20.1 Å². The van der Waals surface area contributed by atoms with Gasteiger partial charge in [-0.05, 0) is 49.0 Å². The Bertz CT molecular complexity index is 1050. The number of halogens is 3. The number of rotatable bonds is 7. The van der Waals surface area contributed by atoms with Crippen LogP contribution in [-0.4, -0.2) is 60.8 Å². The lowest BCUT2D eigenvalue weighted by atomic mass is 9.76. The molecular weight excluding hydrogens is 527 g/mol. The molecule has 11 heteroatoms. The van der Waals surface area contributed by atoms with E-state index in [9.17, 15) is 37.6 Å². The van der Waals surface area contributed by atoms with Crippen molar-refractivity contribution in [3.05, 3.63) is 0 Å². The zero-order valence-electron chi connectivity index (χ0n) is 23.2. The van der Waals surface area contributed by atoms with Gasteiger partial charge in [0, 0.05) is 24.9 Å². The molecule has 7 nitrogen and oxygen atoms in total. The molecule has 0 aromatic heterocycles. The minimum absolute atomic E-state index is 0.144. The van der Waals surface area contributed by atoms with Crippen LogP contribution >= 0.6 is 0 Å². The highest BCUT2D eigenvalue weighted by molar-refractivity contribution is 6.82. The fourth-order valence-electron chi connectivity index (χ4n) is 7.07. The number of nitrogens with one attached hydrogen (secondary N) is 1. The van der Waals surface area contributed by atoms with Crippen LogP contribution in [0.5, 0.6) is 0 Å². The largest absolute Gasteiger partial charge is 0.449 e. The number of nitrogens with zero attached hydrogens (tertiary/aromatic N) is 2. The van der Waals surface area contributed by atoms with Crippen molar-refractivity contribution in [1.29, 1.82) is 5.26 Å². The van der Waals surface area contributed by atoms with E-state index in [2.05, 4.69) is 11.4 Å². The molecule has 4 rings (SSSR count). The van der Waals surface area contributed by atoms with Gasteiger partial charge < -0.3 is 10.2 Å². The second-order valence-electron chi connectivity index (χ2n) is 13.7. The van der Waals surface area contributed by atoms with Crippen LogP contribution in [0.3, 0.4) is 0 Å². The predicted molar refractivity (Wildman–Crippen MR) is 140 cm³/mol. The second-order valence-corrected chi connectivity index (χ2v) is 18.5. The third kappa shape index (κ3) is 6.58. The molecule has 2 heterocycles. The lowest BCUT2D eigenvalue weighted by molar-refractivity contribution is -0.174. The fraction of sp³-hybridized carbons (Fsp3) is 0.821. The molecule has 0 bridgehead atoms. The van der Waals surface area contributed by atoms with Crippen LogP contribution in [0, 0.1) is 34.0 Å². The first-order valence-corrected chi connectivity index (χ1v) is 17.0. The first kappa shape index (κ1) is 29.8. The molecule has 39 heavy (non-hydrogen) atoms. The van der Waals surface area contributed by atoms with Crippen molar-refractivity contribution in [1.82, 2.24) is 10.2 Å². The van der Waals surface area contributed by atoms with Crippen LogP contribution in [0.4, 0.5) is 13.2 Å². The van der Waals surface area contributed by atoms with E-state index in [1.165, 1.54) is 4.90 Å². The number of Topliss-reactive ketones (excluding diaryl/α,β-unsaturated/α-hetero) is 2. The van der Waals surface area contributed by atoms with E-state index in [4.69, 9.17) is 0 Å². The molecule has 4 aliphatic rings. The van der Waals surface area contributed by atoms with E-state index >= 15 is 0 Å². The zero-order chi connectivity index (χ0) is 28.8. The monoisotopic (exact) mass is 567 g/mol. The normalized spacial score (nSPS) is 27.3. The Morgan fingerprint density at radius 3 is 2.31 bits per heavy atom. The van der Waals surface area contributed by atoms with Gasteiger partial charge in [-0.1, -0.05) is 45.7 Å². The first-order valence-electron chi connectivity index (χ1n) is 14.2. The molecule has 0 aromatic rings. The van der Waals surface area contributed by atoms with Gasteiger partial charge in [0.25, 0.3) is 0 Å². The SMILES string of the molecule is CC(C)(C)C(CC(=O)C(F)(F)F)C(=O)N1C[Si]2(CCCC2)CC1C(=O)NC(C#N)CC1CCC2(CC2)CC1=O. The number of hydrogen-bond acceptors (Lipinski definition) is 5. The Balaban J connectivity index is 1.50. The quantitative estimate of drug-likeness (QED) is 0.449. The van der Waals surface area contributed by atoms with E-state index in [0.717, 1.165) is 44.2 Å². The van der Waals surface area contributed by atoms with Gasteiger partial charge in [0.1, 0.15) is 17.9 Å². The van der Waals surface area contributed by atoms with Gasteiger partial charge in [0.15, 0.2) is 0 Å². The molecule has 4 unspecified atom stereocenters. The number of ketones is 2. The maximum Gasteiger partial charge on any atom is 0.449 e. The van der Waals surface area contributed by atoms with Crippen molar-refractivity contribution in [3.63, 3.8) is 0 Å². The van der Waals surface area contributed by atoms with Crippen molar-refractivity contribution in [2.45, 2.75) is 115 Å². The number of amides is 2. The molecule has 0 aromatic carbocycles. The molecule has 4 atom stereocenters. The zero-order valence-corrected chi connectivity index (χ0v) is 24.2.